The minimum atomic E-state index is 0.168. The number of piperazine rings is 2. The highest BCUT2D eigenvalue weighted by molar-refractivity contribution is 5.96. The van der Waals surface area contributed by atoms with Gasteiger partial charge in [0.15, 0.2) is 0 Å². The molecule has 2 aliphatic heterocycles. The van der Waals surface area contributed by atoms with Crippen molar-refractivity contribution in [2.75, 3.05) is 52.4 Å². The van der Waals surface area contributed by atoms with Crippen molar-refractivity contribution in [1.29, 1.82) is 0 Å². The van der Waals surface area contributed by atoms with E-state index in [0.29, 0.717) is 0 Å². The summed E-state index contributed by atoms with van der Waals surface area (Å²) in [5, 5.41) is 0. The average molecular weight is 477 g/mol. The van der Waals surface area contributed by atoms with Crippen molar-refractivity contribution < 1.29 is 4.79 Å². The third-order valence-corrected chi connectivity index (χ3v) is 7.40. The molecule has 0 aromatic heterocycles. The number of benzene rings is 1. The molecule has 0 bridgehead atoms. The molecule has 35 heavy (non-hydrogen) atoms. The summed E-state index contributed by atoms with van der Waals surface area (Å²) in [5.74, 6) is 0.168. The zero-order valence-electron chi connectivity index (χ0n) is 22.4. The first-order valence-electron chi connectivity index (χ1n) is 13.2. The van der Waals surface area contributed by atoms with E-state index in [4.69, 9.17) is 0 Å². The molecule has 0 saturated carbocycles. The van der Waals surface area contributed by atoms with Crippen LogP contribution in [0.4, 0.5) is 0 Å². The van der Waals surface area contributed by atoms with Crippen molar-refractivity contribution in [3.63, 3.8) is 0 Å². The molecule has 2 fully saturated rings. The Morgan fingerprint density at radius 3 is 1.74 bits per heavy atom. The zero-order chi connectivity index (χ0) is 25.4. The van der Waals surface area contributed by atoms with Crippen molar-refractivity contribution in [3.05, 3.63) is 83.2 Å². The number of rotatable bonds is 9. The number of carbonyl (C=O) groups excluding carboxylic acids is 1. The van der Waals surface area contributed by atoms with Gasteiger partial charge in [-0.25, -0.2) is 0 Å². The van der Waals surface area contributed by atoms with E-state index in [-0.39, 0.29) is 5.91 Å². The summed E-state index contributed by atoms with van der Waals surface area (Å²) < 4.78 is 0. The highest BCUT2D eigenvalue weighted by atomic mass is 16.2. The molecular formula is C30H44N4O. The fourth-order valence-corrected chi connectivity index (χ4v) is 5.26. The molecule has 0 aliphatic carbocycles. The molecule has 190 valence electrons. The molecule has 5 nitrogen and oxygen atoms in total. The summed E-state index contributed by atoms with van der Waals surface area (Å²) in [6.07, 6.45) is 9.99. The smallest absolute Gasteiger partial charge is 0.254 e. The molecular weight excluding hydrogens is 432 g/mol. The lowest BCUT2D eigenvalue weighted by Gasteiger charge is -2.38. The van der Waals surface area contributed by atoms with Gasteiger partial charge in [0.2, 0.25) is 0 Å². The van der Waals surface area contributed by atoms with Gasteiger partial charge in [-0.05, 0) is 61.6 Å². The largest absolute Gasteiger partial charge is 0.372 e. The molecule has 1 aromatic carbocycles. The van der Waals surface area contributed by atoms with E-state index in [0.717, 1.165) is 82.9 Å². The molecule has 2 saturated heterocycles. The highest BCUT2D eigenvalue weighted by Gasteiger charge is 2.25. The quantitative estimate of drug-likeness (QED) is 0.462. The van der Waals surface area contributed by atoms with Crippen molar-refractivity contribution in [2.24, 2.45) is 0 Å². The first kappa shape index (κ1) is 26.8. The number of aryl methyl sites for hydroxylation is 2. The predicted octanol–water partition coefficient (Wildman–Crippen LogP) is 5.14. The van der Waals surface area contributed by atoms with E-state index in [1.165, 1.54) is 22.5 Å². The average Bonchev–Trinajstić information content (AvgIpc) is 2.87. The second-order valence-corrected chi connectivity index (χ2v) is 9.63. The van der Waals surface area contributed by atoms with Gasteiger partial charge in [0.25, 0.3) is 5.91 Å². The van der Waals surface area contributed by atoms with Crippen molar-refractivity contribution in [2.45, 2.75) is 47.1 Å². The molecule has 0 unspecified atom stereocenters. The normalized spacial score (nSPS) is 18.1. The number of nitrogens with zero attached hydrogens (tertiary/aromatic N) is 4. The fourth-order valence-electron chi connectivity index (χ4n) is 5.26. The van der Waals surface area contributed by atoms with Crippen LogP contribution in [0, 0.1) is 13.8 Å². The maximum Gasteiger partial charge on any atom is 0.254 e. The molecule has 1 aromatic rings. The SMILES string of the molecule is C=C/C=C(\CC)N1CCN(Cc2cc(C(=O)N3CCN(/C(=C/C=C)CC)CC3)c(C)cc2C)CC1. The second-order valence-electron chi connectivity index (χ2n) is 9.63. The van der Waals surface area contributed by atoms with Crippen LogP contribution in [-0.2, 0) is 6.54 Å². The van der Waals surface area contributed by atoms with Crippen molar-refractivity contribution >= 4 is 5.91 Å². The topological polar surface area (TPSA) is 30.0 Å². The van der Waals surface area contributed by atoms with E-state index in [1.807, 2.05) is 17.1 Å². The van der Waals surface area contributed by atoms with Gasteiger partial charge in [0.05, 0.1) is 0 Å². The van der Waals surface area contributed by atoms with E-state index in [1.54, 1.807) is 0 Å². The van der Waals surface area contributed by atoms with Crippen LogP contribution in [0.15, 0.2) is 61.0 Å². The summed E-state index contributed by atoms with van der Waals surface area (Å²) in [6.45, 7) is 24.6. The predicted molar refractivity (Wildman–Crippen MR) is 147 cm³/mol. The van der Waals surface area contributed by atoms with Crippen LogP contribution in [0.5, 0.6) is 0 Å². The second kappa shape index (κ2) is 12.8. The van der Waals surface area contributed by atoms with Gasteiger partial charge >= 0.3 is 0 Å². The summed E-state index contributed by atoms with van der Waals surface area (Å²) >= 11 is 0. The monoisotopic (exact) mass is 476 g/mol. The Morgan fingerprint density at radius 1 is 0.771 bits per heavy atom. The van der Waals surface area contributed by atoms with E-state index in [2.05, 4.69) is 79.8 Å². The summed E-state index contributed by atoms with van der Waals surface area (Å²) in [6, 6.07) is 4.36. The lowest BCUT2D eigenvalue weighted by Crippen LogP contribution is -2.48. The number of hydrogen-bond acceptors (Lipinski definition) is 4. The maximum atomic E-state index is 13.5. The Kier molecular flexibility index (Phi) is 9.79. The maximum absolute atomic E-state index is 13.5. The number of carbonyl (C=O) groups is 1. The number of hydrogen-bond donors (Lipinski definition) is 0. The fraction of sp³-hybridized carbons (Fsp3) is 0.500. The van der Waals surface area contributed by atoms with Crippen molar-refractivity contribution in [3.8, 4) is 0 Å². The van der Waals surface area contributed by atoms with Crippen LogP contribution in [0.2, 0.25) is 0 Å². The molecule has 0 spiro atoms. The Morgan fingerprint density at radius 2 is 1.26 bits per heavy atom. The molecule has 3 rings (SSSR count). The van der Waals surface area contributed by atoms with Crippen LogP contribution in [0.3, 0.4) is 0 Å². The van der Waals surface area contributed by atoms with E-state index < -0.39 is 0 Å². The molecule has 1 amide bonds. The Balaban J connectivity index is 1.65. The van der Waals surface area contributed by atoms with Crippen molar-refractivity contribution in [1.82, 2.24) is 19.6 Å². The summed E-state index contributed by atoms with van der Waals surface area (Å²) in [5.41, 5.74) is 7.14. The van der Waals surface area contributed by atoms with Crippen LogP contribution < -0.4 is 0 Å². The minimum absolute atomic E-state index is 0.168. The van der Waals surface area contributed by atoms with Gasteiger partial charge in [-0.15, -0.1) is 0 Å². The molecule has 0 atom stereocenters. The molecule has 0 radical (unpaired) electrons. The van der Waals surface area contributed by atoms with E-state index in [9.17, 15) is 4.79 Å². The van der Waals surface area contributed by atoms with Crippen LogP contribution in [0.25, 0.3) is 0 Å². The Hall–Kier alpha value is -2.79. The lowest BCUT2D eigenvalue weighted by atomic mass is 9.98. The zero-order valence-corrected chi connectivity index (χ0v) is 22.4. The summed E-state index contributed by atoms with van der Waals surface area (Å²) in [4.78, 5) is 22.9. The lowest BCUT2D eigenvalue weighted by molar-refractivity contribution is 0.0666. The van der Waals surface area contributed by atoms with Gasteiger partial charge in [-0.3, -0.25) is 9.69 Å². The van der Waals surface area contributed by atoms with Gasteiger partial charge in [-0.1, -0.05) is 45.2 Å². The van der Waals surface area contributed by atoms with E-state index >= 15 is 0 Å². The van der Waals surface area contributed by atoms with Crippen LogP contribution >= 0.6 is 0 Å². The number of amides is 1. The standard InChI is InChI=1S/C30H44N4O/c1-7-11-27(9-3)32-15-13-31(14-16-32)23-26-22-29(25(6)21-24(26)5)30(35)34-19-17-33(18-20-34)28(10-4)12-8-2/h7-8,11-12,21-22H,1-2,9-10,13-20,23H2,3-6H3/b27-11+,28-12+. The minimum Gasteiger partial charge on any atom is -0.372 e. The van der Waals surface area contributed by atoms with Gasteiger partial charge in [0.1, 0.15) is 0 Å². The van der Waals surface area contributed by atoms with Gasteiger partial charge < -0.3 is 14.7 Å². The third kappa shape index (κ3) is 6.66. The first-order chi connectivity index (χ1) is 16.9. The first-order valence-corrected chi connectivity index (χ1v) is 13.2. The van der Waals surface area contributed by atoms with Gasteiger partial charge in [-0.2, -0.15) is 0 Å². The Labute approximate surface area is 213 Å². The third-order valence-electron chi connectivity index (χ3n) is 7.40. The molecule has 0 N–H and O–H groups in total. The van der Waals surface area contributed by atoms with Crippen LogP contribution in [-0.4, -0.2) is 77.9 Å². The summed E-state index contributed by atoms with van der Waals surface area (Å²) in [7, 11) is 0. The molecule has 5 heteroatoms. The highest BCUT2D eigenvalue weighted by Crippen LogP contribution is 2.22. The molecule has 2 aliphatic rings. The van der Waals surface area contributed by atoms with Crippen LogP contribution in [0.1, 0.15) is 53.7 Å². The van der Waals surface area contributed by atoms with Gasteiger partial charge in [0, 0.05) is 75.9 Å². The molecule has 2 heterocycles. The number of allylic oxidation sites excluding steroid dienone is 6. The Bertz CT molecular complexity index is 961.